The smallest absolute Gasteiger partial charge is 0.259 e. The van der Waals surface area contributed by atoms with Crippen LogP contribution >= 0.6 is 0 Å². The van der Waals surface area contributed by atoms with Crippen molar-refractivity contribution in [3.05, 3.63) is 72.3 Å². The molecule has 1 aliphatic heterocycles. The molecule has 4 rings (SSSR count). The highest BCUT2D eigenvalue weighted by Gasteiger charge is 2.24. The number of fused-ring (bicyclic) bond motifs is 1. The van der Waals surface area contributed by atoms with Crippen molar-refractivity contribution in [2.75, 3.05) is 18.5 Å². The molecule has 0 saturated carbocycles. The van der Waals surface area contributed by atoms with E-state index in [0.717, 1.165) is 23.1 Å². The van der Waals surface area contributed by atoms with Crippen LogP contribution in [0.25, 0.3) is 10.8 Å². The van der Waals surface area contributed by atoms with E-state index in [-0.39, 0.29) is 12.0 Å². The molecular formula is C20H17NO3. The largest absolute Gasteiger partial charge is 0.490 e. The van der Waals surface area contributed by atoms with Gasteiger partial charge in [0.15, 0.2) is 0 Å². The predicted octanol–water partition coefficient (Wildman–Crippen LogP) is 3.87. The Kier molecular flexibility index (Phi) is 3.89. The number of carbonyl (C=O) groups is 1. The zero-order valence-electron chi connectivity index (χ0n) is 13.1. The van der Waals surface area contributed by atoms with Crippen LogP contribution < -0.4 is 10.1 Å². The van der Waals surface area contributed by atoms with Crippen LogP contribution in [-0.4, -0.2) is 25.2 Å². The number of epoxide rings is 1. The molecule has 1 fully saturated rings. The second-order valence-corrected chi connectivity index (χ2v) is 5.74. The average Bonchev–Trinajstić information content (AvgIpc) is 3.45. The third kappa shape index (κ3) is 3.09. The van der Waals surface area contributed by atoms with Gasteiger partial charge in [-0.2, -0.15) is 0 Å². The summed E-state index contributed by atoms with van der Waals surface area (Å²) in [6.45, 7) is 1.20. The monoisotopic (exact) mass is 319 g/mol. The fourth-order valence-electron chi connectivity index (χ4n) is 2.65. The lowest BCUT2D eigenvalue weighted by Gasteiger charge is -2.12. The Morgan fingerprint density at radius 1 is 1.04 bits per heavy atom. The number of hydrogen-bond acceptors (Lipinski definition) is 3. The number of rotatable bonds is 5. The fourth-order valence-corrected chi connectivity index (χ4v) is 2.65. The van der Waals surface area contributed by atoms with Crippen LogP contribution in [0.15, 0.2) is 66.7 Å². The molecule has 1 saturated heterocycles. The lowest BCUT2D eigenvalue weighted by Crippen LogP contribution is -2.15. The van der Waals surface area contributed by atoms with Crippen molar-refractivity contribution in [3.8, 4) is 5.75 Å². The van der Waals surface area contributed by atoms with Crippen molar-refractivity contribution in [2.24, 2.45) is 0 Å². The van der Waals surface area contributed by atoms with Gasteiger partial charge in [-0.05, 0) is 23.6 Å². The SMILES string of the molecule is O=C(Nc1cccc2ccccc12)c1ccccc1OCC1CO1. The van der Waals surface area contributed by atoms with E-state index in [9.17, 15) is 4.79 Å². The van der Waals surface area contributed by atoms with E-state index in [1.54, 1.807) is 12.1 Å². The summed E-state index contributed by atoms with van der Waals surface area (Å²) in [7, 11) is 0. The Labute approximate surface area is 140 Å². The number of hydrogen-bond donors (Lipinski definition) is 1. The van der Waals surface area contributed by atoms with E-state index < -0.39 is 0 Å². The minimum Gasteiger partial charge on any atom is -0.490 e. The van der Waals surface area contributed by atoms with Crippen LogP contribution in [0.1, 0.15) is 10.4 Å². The summed E-state index contributed by atoms with van der Waals surface area (Å²) in [5.41, 5.74) is 1.31. The van der Waals surface area contributed by atoms with E-state index in [1.807, 2.05) is 54.6 Å². The van der Waals surface area contributed by atoms with Gasteiger partial charge in [0.1, 0.15) is 18.5 Å². The van der Waals surface area contributed by atoms with Gasteiger partial charge in [-0.25, -0.2) is 0 Å². The first-order valence-corrected chi connectivity index (χ1v) is 7.94. The molecule has 0 bridgehead atoms. The van der Waals surface area contributed by atoms with Gasteiger partial charge in [0, 0.05) is 11.1 Å². The first kappa shape index (κ1) is 14.7. The quantitative estimate of drug-likeness (QED) is 0.726. The number of ether oxygens (including phenoxy) is 2. The molecule has 0 aliphatic carbocycles. The number of para-hydroxylation sites is 1. The number of carbonyl (C=O) groups excluding carboxylic acids is 1. The molecular weight excluding hydrogens is 302 g/mol. The summed E-state index contributed by atoms with van der Waals surface area (Å²) in [6, 6.07) is 21.1. The van der Waals surface area contributed by atoms with Crippen molar-refractivity contribution in [1.82, 2.24) is 0 Å². The van der Waals surface area contributed by atoms with Gasteiger partial charge in [0.05, 0.1) is 12.2 Å². The summed E-state index contributed by atoms with van der Waals surface area (Å²) in [5.74, 6) is 0.393. The number of nitrogens with one attached hydrogen (secondary N) is 1. The number of anilines is 1. The molecule has 1 N–H and O–H groups in total. The van der Waals surface area contributed by atoms with Crippen LogP contribution in [0, 0.1) is 0 Å². The highest BCUT2D eigenvalue weighted by Crippen LogP contribution is 2.25. The molecule has 1 unspecified atom stereocenters. The highest BCUT2D eigenvalue weighted by atomic mass is 16.6. The second-order valence-electron chi connectivity index (χ2n) is 5.74. The zero-order valence-corrected chi connectivity index (χ0v) is 13.1. The molecule has 1 aliphatic rings. The summed E-state index contributed by atoms with van der Waals surface area (Å²) < 4.78 is 10.9. The van der Waals surface area contributed by atoms with Crippen LogP contribution in [0.5, 0.6) is 5.75 Å². The van der Waals surface area contributed by atoms with Crippen LogP contribution in [0.2, 0.25) is 0 Å². The first-order chi connectivity index (χ1) is 11.8. The Morgan fingerprint density at radius 2 is 1.79 bits per heavy atom. The Hall–Kier alpha value is -2.85. The van der Waals surface area contributed by atoms with Crippen molar-refractivity contribution in [2.45, 2.75) is 6.10 Å². The minimum atomic E-state index is -0.182. The molecule has 120 valence electrons. The highest BCUT2D eigenvalue weighted by molar-refractivity contribution is 6.10. The van der Waals surface area contributed by atoms with Crippen LogP contribution in [0.3, 0.4) is 0 Å². The Balaban J connectivity index is 1.59. The van der Waals surface area contributed by atoms with E-state index >= 15 is 0 Å². The van der Waals surface area contributed by atoms with E-state index in [0.29, 0.717) is 17.9 Å². The third-order valence-electron chi connectivity index (χ3n) is 4.00. The normalized spacial score (nSPS) is 15.9. The van der Waals surface area contributed by atoms with Gasteiger partial charge in [-0.15, -0.1) is 0 Å². The molecule has 4 heteroatoms. The van der Waals surface area contributed by atoms with Crippen LogP contribution in [0.4, 0.5) is 5.69 Å². The molecule has 1 atom stereocenters. The molecule has 3 aromatic rings. The summed E-state index contributed by atoms with van der Waals surface area (Å²) in [5, 5.41) is 5.10. The second kappa shape index (κ2) is 6.34. The Bertz CT molecular complexity index is 881. The standard InChI is InChI=1S/C20H17NO3/c22-20(17-9-3-4-11-19(17)24-13-15-12-23-15)21-18-10-5-7-14-6-1-2-8-16(14)18/h1-11,15H,12-13H2,(H,21,22). The minimum absolute atomic E-state index is 0.152. The third-order valence-corrected chi connectivity index (χ3v) is 4.00. The molecule has 0 radical (unpaired) electrons. The molecule has 0 spiro atoms. The summed E-state index contributed by atoms with van der Waals surface area (Å²) in [6.07, 6.45) is 0.152. The lowest BCUT2D eigenvalue weighted by molar-refractivity contribution is 0.102. The van der Waals surface area contributed by atoms with E-state index in [1.165, 1.54) is 0 Å². The molecule has 0 aromatic heterocycles. The number of amides is 1. The molecule has 24 heavy (non-hydrogen) atoms. The number of benzene rings is 3. The Morgan fingerprint density at radius 3 is 2.67 bits per heavy atom. The molecule has 4 nitrogen and oxygen atoms in total. The zero-order chi connectivity index (χ0) is 16.4. The van der Waals surface area contributed by atoms with Gasteiger partial charge in [0.25, 0.3) is 5.91 Å². The molecule has 3 aromatic carbocycles. The van der Waals surface area contributed by atoms with Gasteiger partial charge in [-0.1, -0.05) is 48.5 Å². The van der Waals surface area contributed by atoms with E-state index in [2.05, 4.69) is 5.32 Å². The van der Waals surface area contributed by atoms with Gasteiger partial charge in [0.2, 0.25) is 0 Å². The summed E-state index contributed by atoms with van der Waals surface area (Å²) in [4.78, 5) is 12.7. The van der Waals surface area contributed by atoms with Crippen molar-refractivity contribution in [3.63, 3.8) is 0 Å². The maximum absolute atomic E-state index is 12.7. The maximum atomic E-state index is 12.7. The predicted molar refractivity (Wildman–Crippen MR) is 93.6 cm³/mol. The average molecular weight is 319 g/mol. The van der Waals surface area contributed by atoms with Gasteiger partial charge in [-0.3, -0.25) is 4.79 Å². The topological polar surface area (TPSA) is 50.9 Å². The van der Waals surface area contributed by atoms with Gasteiger partial charge >= 0.3 is 0 Å². The fraction of sp³-hybridized carbons (Fsp3) is 0.150. The van der Waals surface area contributed by atoms with Crippen molar-refractivity contribution >= 4 is 22.4 Å². The maximum Gasteiger partial charge on any atom is 0.259 e. The van der Waals surface area contributed by atoms with Gasteiger partial charge < -0.3 is 14.8 Å². The summed E-state index contributed by atoms with van der Waals surface area (Å²) >= 11 is 0. The van der Waals surface area contributed by atoms with E-state index in [4.69, 9.17) is 9.47 Å². The lowest BCUT2D eigenvalue weighted by atomic mass is 10.1. The molecule has 1 heterocycles. The van der Waals surface area contributed by atoms with Crippen LogP contribution in [-0.2, 0) is 4.74 Å². The van der Waals surface area contributed by atoms with Crippen molar-refractivity contribution in [1.29, 1.82) is 0 Å². The first-order valence-electron chi connectivity index (χ1n) is 7.94. The van der Waals surface area contributed by atoms with Crippen molar-refractivity contribution < 1.29 is 14.3 Å². The molecule has 1 amide bonds.